The van der Waals surface area contributed by atoms with Crippen LogP contribution in [0.1, 0.15) is 30.9 Å². The molecule has 1 aromatic heterocycles. The quantitative estimate of drug-likeness (QED) is 0.612. The number of thiophene rings is 1. The minimum Gasteiger partial charge on any atom is -0.332 e. The average molecular weight is 422 g/mol. The van der Waals surface area contributed by atoms with Crippen LogP contribution in [-0.4, -0.2) is 46.3 Å². The van der Waals surface area contributed by atoms with Gasteiger partial charge in [0.2, 0.25) is 0 Å². The average Bonchev–Trinajstić information content (AvgIpc) is 3.36. The van der Waals surface area contributed by atoms with Crippen LogP contribution < -0.4 is 5.32 Å². The van der Waals surface area contributed by atoms with Crippen molar-refractivity contribution in [3.63, 3.8) is 0 Å². The molecule has 154 valence electrons. The van der Waals surface area contributed by atoms with E-state index >= 15 is 0 Å². The third-order valence-corrected chi connectivity index (χ3v) is 6.64. The van der Waals surface area contributed by atoms with Gasteiger partial charge in [0.05, 0.1) is 6.54 Å². The fourth-order valence-corrected chi connectivity index (χ4v) is 4.75. The number of amides is 4. The van der Waals surface area contributed by atoms with Crippen LogP contribution in [0.15, 0.2) is 47.2 Å². The van der Waals surface area contributed by atoms with Gasteiger partial charge in [-0.15, -0.1) is 0 Å². The zero-order valence-electron chi connectivity index (χ0n) is 16.8. The van der Waals surface area contributed by atoms with E-state index in [-0.39, 0.29) is 30.3 Å². The summed E-state index contributed by atoms with van der Waals surface area (Å²) in [6, 6.07) is 11.0. The van der Waals surface area contributed by atoms with Crippen LogP contribution in [0, 0.1) is 17.8 Å². The minimum atomic E-state index is -0.933. The molecule has 4 amide bonds. The number of urea groups is 1. The summed E-state index contributed by atoms with van der Waals surface area (Å²) < 4.78 is 0. The predicted octanol–water partition coefficient (Wildman–Crippen LogP) is 2.85. The molecule has 1 N–H and O–H groups in total. The number of hydrogen-bond acceptors (Lipinski definition) is 4. The molecule has 4 rings (SSSR count). The molecule has 2 aliphatic heterocycles. The number of rotatable bonds is 3. The largest absolute Gasteiger partial charge is 0.332 e. The van der Waals surface area contributed by atoms with Crippen LogP contribution in [0.2, 0.25) is 0 Å². The Hall–Kier alpha value is -3.11. The normalized spacial score (nSPS) is 21.9. The van der Waals surface area contributed by atoms with Gasteiger partial charge in [-0.25, -0.2) is 4.79 Å². The second-order valence-electron chi connectivity index (χ2n) is 7.84. The van der Waals surface area contributed by atoms with Gasteiger partial charge in [-0.3, -0.25) is 14.5 Å². The highest BCUT2D eigenvalue weighted by Gasteiger charge is 2.52. The maximum absolute atomic E-state index is 13.1. The maximum atomic E-state index is 13.1. The van der Waals surface area contributed by atoms with Gasteiger partial charge in [0.15, 0.2) is 0 Å². The van der Waals surface area contributed by atoms with Crippen molar-refractivity contribution in [1.29, 1.82) is 0 Å². The Morgan fingerprint density at radius 2 is 1.93 bits per heavy atom. The second-order valence-corrected chi connectivity index (χ2v) is 8.62. The molecule has 0 spiro atoms. The topological polar surface area (TPSA) is 69.7 Å². The Morgan fingerprint density at radius 1 is 1.20 bits per heavy atom. The summed E-state index contributed by atoms with van der Waals surface area (Å²) >= 11 is 1.54. The van der Waals surface area contributed by atoms with E-state index < -0.39 is 5.54 Å². The lowest BCUT2D eigenvalue weighted by molar-refractivity contribution is -0.134. The molecule has 1 unspecified atom stereocenters. The van der Waals surface area contributed by atoms with Crippen molar-refractivity contribution in [2.75, 3.05) is 13.1 Å². The van der Waals surface area contributed by atoms with Crippen molar-refractivity contribution in [1.82, 2.24) is 15.1 Å². The van der Waals surface area contributed by atoms with Crippen molar-refractivity contribution in [3.8, 4) is 11.8 Å². The Labute approximate surface area is 179 Å². The molecule has 0 saturated carbocycles. The van der Waals surface area contributed by atoms with Crippen molar-refractivity contribution >= 4 is 29.2 Å². The van der Waals surface area contributed by atoms with Gasteiger partial charge in [-0.05, 0) is 60.2 Å². The fraction of sp³-hybridized carbons (Fsp3) is 0.348. The molecule has 3 heterocycles. The summed E-state index contributed by atoms with van der Waals surface area (Å²) in [5.74, 6) is 5.19. The molecular weight excluding hydrogens is 398 g/mol. The number of piperidine rings is 1. The molecule has 30 heavy (non-hydrogen) atoms. The van der Waals surface area contributed by atoms with Crippen molar-refractivity contribution in [2.24, 2.45) is 5.92 Å². The minimum absolute atomic E-state index is 0.0208. The first-order valence-corrected chi connectivity index (χ1v) is 10.9. The van der Waals surface area contributed by atoms with E-state index in [2.05, 4.69) is 17.2 Å². The van der Waals surface area contributed by atoms with Gasteiger partial charge in [0, 0.05) is 24.6 Å². The monoisotopic (exact) mass is 421 g/mol. The van der Waals surface area contributed by atoms with Gasteiger partial charge < -0.3 is 10.2 Å². The van der Waals surface area contributed by atoms with Crippen LogP contribution in [-0.2, 0) is 16.1 Å². The Bertz CT molecular complexity index is 1000. The number of benzene rings is 1. The van der Waals surface area contributed by atoms with E-state index in [0.29, 0.717) is 25.9 Å². The number of imide groups is 1. The van der Waals surface area contributed by atoms with Gasteiger partial charge in [0.25, 0.3) is 11.8 Å². The number of hydrogen-bond donors (Lipinski definition) is 1. The first-order chi connectivity index (χ1) is 14.5. The number of carbonyl (C=O) groups is 3. The van der Waals surface area contributed by atoms with E-state index in [0.717, 1.165) is 11.1 Å². The third-order valence-electron chi connectivity index (χ3n) is 5.91. The van der Waals surface area contributed by atoms with Crippen LogP contribution in [0.3, 0.4) is 0 Å². The lowest BCUT2D eigenvalue weighted by atomic mass is 9.79. The summed E-state index contributed by atoms with van der Waals surface area (Å²) in [4.78, 5) is 41.0. The molecular formula is C23H23N3O3S. The van der Waals surface area contributed by atoms with Crippen LogP contribution in [0.4, 0.5) is 4.79 Å². The molecule has 0 radical (unpaired) electrons. The lowest BCUT2D eigenvalue weighted by Gasteiger charge is -2.38. The van der Waals surface area contributed by atoms with Crippen molar-refractivity contribution in [3.05, 3.63) is 58.3 Å². The second kappa shape index (κ2) is 8.33. The van der Waals surface area contributed by atoms with Crippen LogP contribution in [0.25, 0.3) is 0 Å². The molecule has 2 aromatic rings. The molecule has 0 aliphatic carbocycles. The molecule has 2 aliphatic rings. The first-order valence-electron chi connectivity index (χ1n) is 9.98. The zero-order valence-corrected chi connectivity index (χ0v) is 17.6. The van der Waals surface area contributed by atoms with Gasteiger partial charge in [-0.2, -0.15) is 11.3 Å². The van der Waals surface area contributed by atoms with Crippen molar-refractivity contribution in [2.45, 2.75) is 31.8 Å². The predicted molar refractivity (Wildman–Crippen MR) is 114 cm³/mol. The van der Waals surface area contributed by atoms with E-state index in [1.54, 1.807) is 23.2 Å². The molecule has 7 heteroatoms. The summed E-state index contributed by atoms with van der Waals surface area (Å²) in [7, 11) is 0. The number of likely N-dealkylation sites (tertiary alicyclic amines) is 1. The molecule has 2 fully saturated rings. The summed E-state index contributed by atoms with van der Waals surface area (Å²) in [5, 5.41) is 6.78. The number of nitrogens with zero attached hydrogens (tertiary/aromatic N) is 2. The molecule has 2 saturated heterocycles. The molecule has 1 atom stereocenters. The maximum Gasteiger partial charge on any atom is 0.325 e. The smallest absolute Gasteiger partial charge is 0.325 e. The number of nitrogens with one attached hydrogen (secondary N) is 1. The van der Waals surface area contributed by atoms with Gasteiger partial charge >= 0.3 is 6.03 Å². The SMILES string of the molecule is CC1(C2CCN(C(=O)C#Cc3ccccc3)CC2)NC(=O)N(Cc2ccsc2)C1=O. The number of carbonyl (C=O) groups excluding carboxylic acids is 3. The fourth-order valence-electron chi connectivity index (χ4n) is 4.09. The van der Waals surface area contributed by atoms with Crippen LogP contribution in [0.5, 0.6) is 0 Å². The van der Waals surface area contributed by atoms with E-state index in [4.69, 9.17) is 0 Å². The third kappa shape index (κ3) is 3.96. The molecule has 0 bridgehead atoms. The van der Waals surface area contributed by atoms with Gasteiger partial charge in [-0.1, -0.05) is 24.1 Å². The first kappa shape index (κ1) is 20.2. The lowest BCUT2D eigenvalue weighted by Crippen LogP contribution is -2.54. The Balaban J connectivity index is 1.37. The highest BCUT2D eigenvalue weighted by Crippen LogP contribution is 2.34. The van der Waals surface area contributed by atoms with Crippen molar-refractivity contribution < 1.29 is 14.4 Å². The Kier molecular flexibility index (Phi) is 5.60. The zero-order chi connectivity index (χ0) is 21.1. The van der Waals surface area contributed by atoms with E-state index in [1.807, 2.05) is 47.2 Å². The highest BCUT2D eigenvalue weighted by molar-refractivity contribution is 7.07. The molecule has 6 nitrogen and oxygen atoms in total. The van der Waals surface area contributed by atoms with Crippen LogP contribution >= 0.6 is 11.3 Å². The van der Waals surface area contributed by atoms with Gasteiger partial charge in [0.1, 0.15) is 5.54 Å². The Morgan fingerprint density at radius 3 is 2.60 bits per heavy atom. The molecule has 1 aromatic carbocycles. The standard InChI is InChI=1S/C23H23N3O3S/c1-23(21(28)26(22(29)24-23)15-18-11-14-30-16-18)19-9-12-25(13-10-19)20(27)8-7-17-5-3-2-4-6-17/h2-6,11,14,16,19H,9-10,12-13,15H2,1H3,(H,24,29). The van der Waals surface area contributed by atoms with E-state index in [1.165, 1.54) is 4.90 Å². The van der Waals surface area contributed by atoms with E-state index in [9.17, 15) is 14.4 Å². The summed E-state index contributed by atoms with van der Waals surface area (Å²) in [5.41, 5.74) is 0.821. The summed E-state index contributed by atoms with van der Waals surface area (Å²) in [6.45, 7) is 3.14. The summed E-state index contributed by atoms with van der Waals surface area (Å²) in [6.07, 6.45) is 1.29. The highest BCUT2D eigenvalue weighted by atomic mass is 32.1.